The van der Waals surface area contributed by atoms with Gasteiger partial charge in [0.05, 0.1) is 0 Å². The van der Waals surface area contributed by atoms with Gasteiger partial charge in [0.25, 0.3) is 0 Å². The molecule has 0 bridgehead atoms. The zero-order valence-corrected chi connectivity index (χ0v) is 12.9. The fourth-order valence-electron chi connectivity index (χ4n) is 2.20. The van der Waals surface area contributed by atoms with Crippen molar-refractivity contribution in [1.29, 1.82) is 0 Å². The van der Waals surface area contributed by atoms with Crippen LogP contribution in [0, 0.1) is 0 Å². The van der Waals surface area contributed by atoms with Gasteiger partial charge in [-0.15, -0.1) is 11.8 Å². The van der Waals surface area contributed by atoms with Gasteiger partial charge in [0, 0.05) is 21.8 Å². The first-order valence-electron chi connectivity index (χ1n) is 7.19. The van der Waals surface area contributed by atoms with Crippen molar-refractivity contribution in [3.05, 3.63) is 102 Å². The van der Waals surface area contributed by atoms with Gasteiger partial charge in [0.15, 0.2) is 5.78 Å². The third kappa shape index (κ3) is 3.66. The highest BCUT2D eigenvalue weighted by molar-refractivity contribution is 7.98. The summed E-state index contributed by atoms with van der Waals surface area (Å²) in [5.74, 6) is 1.01. The average molecular weight is 304 g/mol. The number of thioether (sulfide) groups is 1. The Labute approximate surface area is 135 Å². The van der Waals surface area contributed by atoms with Gasteiger partial charge in [0.1, 0.15) is 0 Å². The quantitative estimate of drug-likeness (QED) is 0.475. The molecule has 2 heteroatoms. The SMILES string of the molecule is O=C(c1ccccc1)c1ccc(SCc2ccccc2)cc1. The molecular formula is C20H16OS. The van der Waals surface area contributed by atoms with Crippen LogP contribution in [0.4, 0.5) is 0 Å². The van der Waals surface area contributed by atoms with E-state index in [1.807, 2.05) is 60.7 Å². The molecule has 108 valence electrons. The summed E-state index contributed by atoms with van der Waals surface area (Å²) in [4.78, 5) is 13.5. The first-order valence-corrected chi connectivity index (χ1v) is 8.18. The number of hydrogen-bond donors (Lipinski definition) is 0. The summed E-state index contributed by atoms with van der Waals surface area (Å²) in [6.45, 7) is 0. The maximum atomic E-state index is 12.3. The second-order valence-electron chi connectivity index (χ2n) is 4.99. The van der Waals surface area contributed by atoms with Gasteiger partial charge in [-0.3, -0.25) is 4.79 Å². The topological polar surface area (TPSA) is 17.1 Å². The maximum absolute atomic E-state index is 12.3. The normalized spacial score (nSPS) is 10.4. The first kappa shape index (κ1) is 14.6. The summed E-state index contributed by atoms with van der Waals surface area (Å²) in [5.41, 5.74) is 2.76. The van der Waals surface area contributed by atoms with Crippen molar-refractivity contribution < 1.29 is 4.79 Å². The molecule has 0 fully saturated rings. The molecule has 0 aliphatic heterocycles. The van der Waals surface area contributed by atoms with Crippen LogP contribution in [0.25, 0.3) is 0 Å². The van der Waals surface area contributed by atoms with Crippen LogP contribution in [0.5, 0.6) is 0 Å². The van der Waals surface area contributed by atoms with Crippen LogP contribution in [0.15, 0.2) is 89.8 Å². The highest BCUT2D eigenvalue weighted by Crippen LogP contribution is 2.23. The van der Waals surface area contributed by atoms with Crippen LogP contribution in [-0.2, 0) is 5.75 Å². The average Bonchev–Trinajstić information content (AvgIpc) is 2.61. The lowest BCUT2D eigenvalue weighted by molar-refractivity contribution is 0.103. The first-order chi connectivity index (χ1) is 10.8. The van der Waals surface area contributed by atoms with E-state index in [1.54, 1.807) is 11.8 Å². The minimum atomic E-state index is 0.0696. The van der Waals surface area contributed by atoms with E-state index < -0.39 is 0 Å². The van der Waals surface area contributed by atoms with Gasteiger partial charge in [-0.05, 0) is 29.8 Å². The van der Waals surface area contributed by atoms with Gasteiger partial charge in [0.2, 0.25) is 0 Å². The lowest BCUT2D eigenvalue weighted by Crippen LogP contribution is -2.00. The van der Waals surface area contributed by atoms with E-state index in [9.17, 15) is 4.79 Å². The summed E-state index contributed by atoms with van der Waals surface area (Å²) >= 11 is 1.78. The third-order valence-electron chi connectivity index (χ3n) is 3.40. The van der Waals surface area contributed by atoms with Crippen LogP contribution < -0.4 is 0 Å². The molecule has 0 heterocycles. The van der Waals surface area contributed by atoms with E-state index in [-0.39, 0.29) is 5.78 Å². The van der Waals surface area contributed by atoms with Crippen LogP contribution in [0.2, 0.25) is 0 Å². The molecule has 0 spiro atoms. The second kappa shape index (κ2) is 7.10. The van der Waals surface area contributed by atoms with Crippen molar-refractivity contribution in [1.82, 2.24) is 0 Å². The summed E-state index contributed by atoms with van der Waals surface area (Å²) in [7, 11) is 0. The largest absolute Gasteiger partial charge is 0.289 e. The van der Waals surface area contributed by atoms with E-state index in [1.165, 1.54) is 10.5 Å². The minimum Gasteiger partial charge on any atom is -0.289 e. The maximum Gasteiger partial charge on any atom is 0.193 e. The number of ketones is 1. The zero-order valence-electron chi connectivity index (χ0n) is 12.1. The predicted molar refractivity (Wildman–Crippen MR) is 92.3 cm³/mol. The van der Waals surface area contributed by atoms with Crippen LogP contribution in [-0.4, -0.2) is 5.78 Å². The Morgan fingerprint density at radius 1 is 0.682 bits per heavy atom. The van der Waals surface area contributed by atoms with Crippen molar-refractivity contribution >= 4 is 17.5 Å². The molecule has 3 aromatic carbocycles. The van der Waals surface area contributed by atoms with Gasteiger partial charge >= 0.3 is 0 Å². The number of carbonyl (C=O) groups excluding carboxylic acids is 1. The summed E-state index contributed by atoms with van der Waals surface area (Å²) in [6, 6.07) is 27.6. The van der Waals surface area contributed by atoms with Crippen molar-refractivity contribution in [2.75, 3.05) is 0 Å². The number of rotatable bonds is 5. The molecule has 0 aliphatic rings. The Balaban J connectivity index is 1.67. The van der Waals surface area contributed by atoms with Gasteiger partial charge in [-0.25, -0.2) is 0 Å². The Kier molecular flexibility index (Phi) is 4.71. The molecule has 0 N–H and O–H groups in total. The lowest BCUT2D eigenvalue weighted by Gasteiger charge is -2.04. The highest BCUT2D eigenvalue weighted by Gasteiger charge is 2.08. The van der Waals surface area contributed by atoms with Gasteiger partial charge in [-0.2, -0.15) is 0 Å². The molecule has 3 rings (SSSR count). The third-order valence-corrected chi connectivity index (χ3v) is 4.48. The standard InChI is InChI=1S/C20H16OS/c21-20(17-9-5-2-6-10-17)18-11-13-19(14-12-18)22-15-16-7-3-1-4-8-16/h1-14H,15H2. The van der Waals surface area contributed by atoms with Crippen molar-refractivity contribution in [2.24, 2.45) is 0 Å². The van der Waals surface area contributed by atoms with E-state index >= 15 is 0 Å². The molecule has 0 saturated heterocycles. The molecule has 3 aromatic rings. The van der Waals surface area contributed by atoms with Crippen molar-refractivity contribution in [2.45, 2.75) is 10.6 Å². The molecule has 0 aromatic heterocycles. The molecule has 0 saturated carbocycles. The van der Waals surface area contributed by atoms with Crippen LogP contribution in [0.3, 0.4) is 0 Å². The zero-order chi connectivity index (χ0) is 15.2. The lowest BCUT2D eigenvalue weighted by atomic mass is 10.0. The van der Waals surface area contributed by atoms with Crippen LogP contribution >= 0.6 is 11.8 Å². The highest BCUT2D eigenvalue weighted by atomic mass is 32.2. The Bertz CT molecular complexity index is 734. The molecule has 0 atom stereocenters. The Hall–Kier alpha value is -2.32. The molecule has 1 nitrogen and oxygen atoms in total. The smallest absolute Gasteiger partial charge is 0.193 e. The van der Waals surface area contributed by atoms with Crippen molar-refractivity contribution in [3.8, 4) is 0 Å². The molecule has 0 radical (unpaired) electrons. The number of hydrogen-bond acceptors (Lipinski definition) is 2. The fraction of sp³-hybridized carbons (Fsp3) is 0.0500. The molecular weight excluding hydrogens is 288 g/mol. The Morgan fingerprint density at radius 3 is 1.86 bits per heavy atom. The molecule has 0 unspecified atom stereocenters. The van der Waals surface area contributed by atoms with Crippen molar-refractivity contribution in [3.63, 3.8) is 0 Å². The number of benzene rings is 3. The summed E-state index contributed by atoms with van der Waals surface area (Å²) in [6.07, 6.45) is 0. The van der Waals surface area contributed by atoms with Gasteiger partial charge < -0.3 is 0 Å². The Morgan fingerprint density at radius 2 is 1.23 bits per heavy atom. The van der Waals surface area contributed by atoms with E-state index in [0.29, 0.717) is 0 Å². The monoisotopic (exact) mass is 304 g/mol. The summed E-state index contributed by atoms with van der Waals surface area (Å²) < 4.78 is 0. The van der Waals surface area contributed by atoms with Crippen LogP contribution in [0.1, 0.15) is 21.5 Å². The van der Waals surface area contributed by atoms with E-state index in [2.05, 4.69) is 24.3 Å². The summed E-state index contributed by atoms with van der Waals surface area (Å²) in [5, 5.41) is 0. The second-order valence-corrected chi connectivity index (χ2v) is 6.04. The van der Waals surface area contributed by atoms with E-state index in [0.717, 1.165) is 16.9 Å². The minimum absolute atomic E-state index is 0.0696. The van der Waals surface area contributed by atoms with E-state index in [4.69, 9.17) is 0 Å². The number of carbonyl (C=O) groups is 1. The molecule has 22 heavy (non-hydrogen) atoms. The fourth-order valence-corrected chi connectivity index (χ4v) is 3.05. The van der Waals surface area contributed by atoms with Gasteiger partial charge in [-0.1, -0.05) is 60.7 Å². The molecule has 0 aliphatic carbocycles. The predicted octanol–water partition coefficient (Wildman–Crippen LogP) is 5.21. The molecule has 0 amide bonds.